The van der Waals surface area contributed by atoms with E-state index in [1.165, 1.54) is 34.9 Å². The van der Waals surface area contributed by atoms with Crippen LogP contribution in [0.5, 0.6) is 5.75 Å². The van der Waals surface area contributed by atoms with Crippen LogP contribution in [0.15, 0.2) is 53.0 Å². The molecule has 1 aliphatic rings. The monoisotopic (exact) mass is 464 g/mol. The molecular formula is C20H18BrFN2O3S. The Hall–Kier alpha value is -2.32. The molecule has 1 aliphatic heterocycles. The lowest BCUT2D eigenvalue weighted by Gasteiger charge is -2.21. The molecule has 28 heavy (non-hydrogen) atoms. The summed E-state index contributed by atoms with van der Waals surface area (Å²) in [5.74, 6) is 0.593. The van der Waals surface area contributed by atoms with E-state index in [0.717, 1.165) is 4.47 Å². The topological polar surface area (TPSA) is 58.6 Å². The van der Waals surface area contributed by atoms with Crippen LogP contribution in [0.2, 0.25) is 0 Å². The smallest absolute Gasteiger partial charge is 0.248 e. The maximum atomic E-state index is 13.8. The van der Waals surface area contributed by atoms with Gasteiger partial charge in [-0.15, -0.1) is 11.8 Å². The van der Waals surface area contributed by atoms with Crippen molar-refractivity contribution in [3.05, 3.63) is 64.4 Å². The molecule has 1 atom stereocenters. The summed E-state index contributed by atoms with van der Waals surface area (Å²) in [6.07, 6.45) is 2.72. The fraction of sp³-hybridized carbons (Fsp3) is 0.200. The van der Waals surface area contributed by atoms with Crippen molar-refractivity contribution in [2.75, 3.05) is 24.1 Å². The number of carbonyl (C=O) groups excluding carboxylic acids is 2. The standard InChI is InChI=1S/C20H18BrFN2O3S/c1-27-16-6-4-15(5-7-16)23-20(26)18-11-28-12-24(18)19(25)9-2-13-10-14(21)3-8-17(13)22/h2-10,18H,11-12H2,1H3,(H,23,26)/b9-2+. The zero-order valence-corrected chi connectivity index (χ0v) is 17.4. The quantitative estimate of drug-likeness (QED) is 0.675. The van der Waals surface area contributed by atoms with Gasteiger partial charge in [0.2, 0.25) is 11.8 Å². The van der Waals surface area contributed by atoms with Gasteiger partial charge in [-0.1, -0.05) is 15.9 Å². The Bertz CT molecular complexity index is 905. The van der Waals surface area contributed by atoms with Gasteiger partial charge in [0, 0.05) is 27.6 Å². The van der Waals surface area contributed by atoms with Gasteiger partial charge in [0.15, 0.2) is 0 Å². The highest BCUT2D eigenvalue weighted by molar-refractivity contribution is 9.10. The van der Waals surface area contributed by atoms with Crippen LogP contribution in [0.3, 0.4) is 0 Å². The highest BCUT2D eigenvalue weighted by atomic mass is 79.9. The lowest BCUT2D eigenvalue weighted by molar-refractivity contribution is -0.132. The van der Waals surface area contributed by atoms with Crippen LogP contribution in [-0.4, -0.2) is 41.5 Å². The summed E-state index contributed by atoms with van der Waals surface area (Å²) in [6.45, 7) is 0. The van der Waals surface area contributed by atoms with Gasteiger partial charge in [0.1, 0.15) is 17.6 Å². The van der Waals surface area contributed by atoms with E-state index in [2.05, 4.69) is 21.2 Å². The first kappa shape index (κ1) is 20.4. The van der Waals surface area contributed by atoms with Crippen molar-refractivity contribution in [1.82, 2.24) is 4.90 Å². The van der Waals surface area contributed by atoms with Crippen LogP contribution >= 0.6 is 27.7 Å². The Morgan fingerprint density at radius 3 is 2.75 bits per heavy atom. The van der Waals surface area contributed by atoms with Crippen molar-refractivity contribution >= 4 is 51.3 Å². The first-order valence-electron chi connectivity index (χ1n) is 8.44. The van der Waals surface area contributed by atoms with E-state index in [1.54, 1.807) is 43.5 Å². The molecule has 1 fully saturated rings. The van der Waals surface area contributed by atoms with E-state index in [1.807, 2.05) is 0 Å². The summed E-state index contributed by atoms with van der Waals surface area (Å²) in [5, 5.41) is 2.82. The number of nitrogens with zero attached hydrogens (tertiary/aromatic N) is 1. The molecule has 8 heteroatoms. The number of thioether (sulfide) groups is 1. The summed E-state index contributed by atoms with van der Waals surface area (Å²) < 4.78 is 19.6. The molecule has 1 N–H and O–H groups in total. The van der Waals surface area contributed by atoms with Gasteiger partial charge in [-0.05, 0) is 48.5 Å². The Morgan fingerprint density at radius 1 is 1.29 bits per heavy atom. The van der Waals surface area contributed by atoms with Crippen LogP contribution in [0, 0.1) is 5.82 Å². The van der Waals surface area contributed by atoms with E-state index in [9.17, 15) is 14.0 Å². The zero-order chi connectivity index (χ0) is 20.1. The second-order valence-electron chi connectivity index (χ2n) is 6.04. The highest BCUT2D eigenvalue weighted by Gasteiger charge is 2.33. The fourth-order valence-electron chi connectivity index (χ4n) is 2.68. The summed E-state index contributed by atoms with van der Waals surface area (Å²) in [5.41, 5.74) is 0.927. The molecule has 0 bridgehead atoms. The molecule has 2 aromatic rings. The van der Waals surface area contributed by atoms with Gasteiger partial charge >= 0.3 is 0 Å². The maximum Gasteiger partial charge on any atom is 0.248 e. The average Bonchev–Trinajstić information content (AvgIpc) is 3.19. The lowest BCUT2D eigenvalue weighted by atomic mass is 10.2. The van der Waals surface area contributed by atoms with E-state index in [-0.39, 0.29) is 11.8 Å². The minimum Gasteiger partial charge on any atom is -0.497 e. The minimum atomic E-state index is -0.586. The number of nitrogens with one attached hydrogen (secondary N) is 1. The maximum absolute atomic E-state index is 13.8. The molecule has 5 nitrogen and oxygen atoms in total. The average molecular weight is 465 g/mol. The summed E-state index contributed by atoms with van der Waals surface area (Å²) in [4.78, 5) is 26.7. The van der Waals surface area contributed by atoms with E-state index >= 15 is 0 Å². The number of carbonyl (C=O) groups is 2. The lowest BCUT2D eigenvalue weighted by Crippen LogP contribution is -2.43. The number of benzene rings is 2. The predicted octanol–water partition coefficient (Wildman–Crippen LogP) is 4.15. The number of halogens is 2. The number of hydrogen-bond acceptors (Lipinski definition) is 4. The molecular weight excluding hydrogens is 447 g/mol. The molecule has 2 aromatic carbocycles. The molecule has 1 saturated heterocycles. The molecule has 0 saturated carbocycles. The van der Waals surface area contributed by atoms with Gasteiger partial charge in [0.05, 0.1) is 13.0 Å². The second-order valence-corrected chi connectivity index (χ2v) is 7.96. The third kappa shape index (κ3) is 4.94. The van der Waals surface area contributed by atoms with Crippen molar-refractivity contribution < 1.29 is 18.7 Å². The number of ether oxygens (including phenoxy) is 1. The zero-order valence-electron chi connectivity index (χ0n) is 15.0. The largest absolute Gasteiger partial charge is 0.497 e. The number of rotatable bonds is 5. The van der Waals surface area contributed by atoms with Crippen LogP contribution in [0.25, 0.3) is 6.08 Å². The summed E-state index contributed by atoms with van der Waals surface area (Å²) >= 11 is 4.78. The van der Waals surface area contributed by atoms with Crippen molar-refractivity contribution in [2.45, 2.75) is 6.04 Å². The van der Waals surface area contributed by atoms with Gasteiger partial charge in [-0.25, -0.2) is 4.39 Å². The Labute approximate surface area is 175 Å². The second kappa shape index (κ2) is 9.25. The Balaban J connectivity index is 1.67. The van der Waals surface area contributed by atoms with Crippen LogP contribution in [0.1, 0.15) is 5.56 Å². The van der Waals surface area contributed by atoms with Crippen molar-refractivity contribution in [3.8, 4) is 5.75 Å². The molecule has 1 unspecified atom stereocenters. The van der Waals surface area contributed by atoms with E-state index in [0.29, 0.717) is 28.6 Å². The van der Waals surface area contributed by atoms with Crippen molar-refractivity contribution in [2.24, 2.45) is 0 Å². The molecule has 0 aliphatic carbocycles. The first-order valence-corrected chi connectivity index (χ1v) is 10.4. The van der Waals surface area contributed by atoms with Crippen LogP contribution < -0.4 is 10.1 Å². The number of anilines is 1. The number of methoxy groups -OCH3 is 1. The molecule has 3 rings (SSSR count). The van der Waals surface area contributed by atoms with Gasteiger partial charge < -0.3 is 15.0 Å². The molecule has 0 radical (unpaired) electrons. The number of hydrogen-bond donors (Lipinski definition) is 1. The van der Waals surface area contributed by atoms with Crippen LogP contribution in [0.4, 0.5) is 10.1 Å². The predicted molar refractivity (Wildman–Crippen MR) is 113 cm³/mol. The summed E-state index contributed by atoms with van der Waals surface area (Å²) in [7, 11) is 1.57. The minimum absolute atomic E-state index is 0.259. The molecule has 2 amide bonds. The normalized spacial score (nSPS) is 16.4. The molecule has 0 spiro atoms. The molecule has 146 valence electrons. The highest BCUT2D eigenvalue weighted by Crippen LogP contribution is 2.24. The Morgan fingerprint density at radius 2 is 2.04 bits per heavy atom. The first-order chi connectivity index (χ1) is 13.5. The van der Waals surface area contributed by atoms with Crippen molar-refractivity contribution in [1.29, 1.82) is 0 Å². The third-order valence-electron chi connectivity index (χ3n) is 4.19. The molecule has 1 heterocycles. The van der Waals surface area contributed by atoms with Gasteiger partial charge in [0.25, 0.3) is 0 Å². The molecule has 0 aromatic heterocycles. The van der Waals surface area contributed by atoms with Gasteiger partial charge in [-0.2, -0.15) is 0 Å². The van der Waals surface area contributed by atoms with Crippen LogP contribution in [-0.2, 0) is 9.59 Å². The van der Waals surface area contributed by atoms with Crippen molar-refractivity contribution in [3.63, 3.8) is 0 Å². The Kier molecular flexibility index (Phi) is 6.74. The van der Waals surface area contributed by atoms with E-state index < -0.39 is 11.9 Å². The fourth-order valence-corrected chi connectivity index (χ4v) is 4.22. The van der Waals surface area contributed by atoms with E-state index in [4.69, 9.17) is 4.74 Å². The number of amides is 2. The summed E-state index contributed by atoms with van der Waals surface area (Å²) in [6, 6.07) is 10.9. The third-order valence-corrected chi connectivity index (χ3v) is 5.69. The van der Waals surface area contributed by atoms with Gasteiger partial charge in [-0.3, -0.25) is 9.59 Å². The SMILES string of the molecule is COc1ccc(NC(=O)C2CSCN2C(=O)/C=C/c2cc(Br)ccc2F)cc1.